The van der Waals surface area contributed by atoms with Crippen molar-refractivity contribution in [2.75, 3.05) is 33.0 Å². The number of hydrogen-bond acceptors (Lipinski definition) is 6. The van der Waals surface area contributed by atoms with Gasteiger partial charge in [-0.1, -0.05) is 12.1 Å². The third kappa shape index (κ3) is 8.31. The van der Waals surface area contributed by atoms with Crippen LogP contribution < -0.4 is 10.5 Å². The summed E-state index contributed by atoms with van der Waals surface area (Å²) in [7, 11) is 0. The first kappa shape index (κ1) is 18.9. The van der Waals surface area contributed by atoms with Crippen molar-refractivity contribution in [3.05, 3.63) is 29.8 Å². The molecule has 0 amide bonds. The summed E-state index contributed by atoms with van der Waals surface area (Å²) in [6.45, 7) is 0.516. The van der Waals surface area contributed by atoms with Crippen LogP contribution in [0.5, 0.6) is 5.75 Å². The van der Waals surface area contributed by atoms with E-state index in [1.807, 2.05) is 24.3 Å². The van der Waals surface area contributed by atoms with Gasteiger partial charge in [0.1, 0.15) is 24.6 Å². The van der Waals surface area contributed by atoms with Crippen LogP contribution in [-0.4, -0.2) is 60.5 Å². The molecule has 1 aromatic carbocycles. The molecule has 0 heterocycles. The van der Waals surface area contributed by atoms with Gasteiger partial charge in [-0.25, -0.2) is 0 Å². The maximum Gasteiger partial charge on any atom is 0.119 e. The molecule has 0 fully saturated rings. The largest absolute Gasteiger partial charge is 0.491 e. The molecule has 126 valence electrons. The summed E-state index contributed by atoms with van der Waals surface area (Å²) in [5.41, 5.74) is 6.70. The van der Waals surface area contributed by atoms with Crippen molar-refractivity contribution in [1.29, 1.82) is 0 Å². The minimum absolute atomic E-state index is 0.00887. The molecule has 6 heteroatoms. The molecule has 0 spiro atoms. The van der Waals surface area contributed by atoms with Gasteiger partial charge >= 0.3 is 0 Å². The lowest BCUT2D eigenvalue weighted by Crippen LogP contribution is -2.27. The Kier molecular flexibility index (Phi) is 9.77. The lowest BCUT2D eigenvalue weighted by atomic mass is 10.1. The number of nitrogens with two attached hydrogens (primary N) is 1. The van der Waals surface area contributed by atoms with Gasteiger partial charge in [0, 0.05) is 0 Å². The fourth-order valence-corrected chi connectivity index (χ4v) is 1.86. The number of ether oxygens (including phenoxy) is 2. The predicted octanol–water partition coefficient (Wildman–Crippen LogP) is 0.0775. The van der Waals surface area contributed by atoms with E-state index in [2.05, 4.69) is 0 Å². The fourth-order valence-electron chi connectivity index (χ4n) is 1.86. The number of unbranched alkanes of at least 4 members (excludes halogenated alkanes) is 1. The summed E-state index contributed by atoms with van der Waals surface area (Å²) in [4.78, 5) is 0. The van der Waals surface area contributed by atoms with Crippen molar-refractivity contribution in [2.45, 2.75) is 31.5 Å². The molecule has 5 N–H and O–H groups in total. The van der Waals surface area contributed by atoms with Crippen LogP contribution in [0.1, 0.15) is 18.4 Å². The van der Waals surface area contributed by atoms with Gasteiger partial charge in [0.15, 0.2) is 0 Å². The Balaban J connectivity index is 2.20. The highest BCUT2D eigenvalue weighted by Gasteiger charge is 2.08. The molecule has 0 bridgehead atoms. The molecular formula is C16H27NO5. The van der Waals surface area contributed by atoms with E-state index in [4.69, 9.17) is 25.4 Å². The van der Waals surface area contributed by atoms with Crippen LogP contribution in [0.3, 0.4) is 0 Å². The van der Waals surface area contributed by atoms with Crippen molar-refractivity contribution >= 4 is 0 Å². The molecular weight excluding hydrogens is 286 g/mol. The van der Waals surface area contributed by atoms with E-state index in [1.165, 1.54) is 5.56 Å². The minimum Gasteiger partial charge on any atom is -0.491 e. The second-order valence-corrected chi connectivity index (χ2v) is 5.23. The standard InChI is InChI=1S/C16H27NO5/c17-8-2-1-3-13-4-6-16(7-5-13)22-12-15(20)11-21-10-14(19)9-18/h4-7,14-15,18-20H,1-3,8-12,17H2. The summed E-state index contributed by atoms with van der Waals surface area (Å²) >= 11 is 0. The molecule has 1 aromatic rings. The SMILES string of the molecule is NCCCCc1ccc(OCC(O)COCC(O)CO)cc1. The lowest BCUT2D eigenvalue weighted by molar-refractivity contribution is -0.0337. The van der Waals surface area contributed by atoms with Crippen molar-refractivity contribution in [2.24, 2.45) is 5.73 Å². The topological polar surface area (TPSA) is 105 Å². The zero-order chi connectivity index (χ0) is 16.2. The van der Waals surface area contributed by atoms with Crippen LogP contribution in [0.15, 0.2) is 24.3 Å². The van der Waals surface area contributed by atoms with Crippen molar-refractivity contribution < 1.29 is 24.8 Å². The Labute approximate surface area is 131 Å². The number of aryl methyl sites for hydroxylation is 1. The van der Waals surface area contributed by atoms with E-state index < -0.39 is 12.2 Å². The Hall–Kier alpha value is -1.18. The van der Waals surface area contributed by atoms with Crippen molar-refractivity contribution in [3.8, 4) is 5.75 Å². The van der Waals surface area contributed by atoms with Gasteiger partial charge in [0.25, 0.3) is 0 Å². The van der Waals surface area contributed by atoms with Crippen molar-refractivity contribution in [1.82, 2.24) is 0 Å². The fraction of sp³-hybridized carbons (Fsp3) is 0.625. The molecule has 0 aliphatic heterocycles. The average molecular weight is 313 g/mol. The van der Waals surface area contributed by atoms with Gasteiger partial charge in [-0.3, -0.25) is 0 Å². The molecule has 2 atom stereocenters. The number of hydrogen-bond donors (Lipinski definition) is 4. The molecule has 1 rings (SSSR count). The Bertz CT molecular complexity index is 385. The summed E-state index contributed by atoms with van der Waals surface area (Å²) in [5.74, 6) is 0.692. The minimum atomic E-state index is -0.917. The number of aliphatic hydroxyl groups is 3. The normalized spacial score (nSPS) is 13.8. The molecule has 22 heavy (non-hydrogen) atoms. The van der Waals surface area contributed by atoms with E-state index in [1.54, 1.807) is 0 Å². The number of aliphatic hydroxyl groups excluding tert-OH is 3. The first-order valence-corrected chi connectivity index (χ1v) is 7.62. The predicted molar refractivity (Wildman–Crippen MR) is 83.8 cm³/mol. The summed E-state index contributed by atoms with van der Waals surface area (Å²) in [6.07, 6.45) is 1.40. The molecule has 0 saturated heterocycles. The second kappa shape index (κ2) is 11.4. The molecule has 2 unspecified atom stereocenters. The maximum absolute atomic E-state index is 9.69. The van der Waals surface area contributed by atoms with Crippen LogP contribution in [0.25, 0.3) is 0 Å². The van der Waals surface area contributed by atoms with E-state index in [0.29, 0.717) is 5.75 Å². The highest BCUT2D eigenvalue weighted by Crippen LogP contribution is 2.14. The monoisotopic (exact) mass is 313 g/mol. The molecule has 0 saturated carbocycles. The first-order chi connectivity index (χ1) is 10.7. The van der Waals surface area contributed by atoms with E-state index in [9.17, 15) is 5.11 Å². The molecule has 0 radical (unpaired) electrons. The van der Waals surface area contributed by atoms with Crippen LogP contribution in [0, 0.1) is 0 Å². The maximum atomic E-state index is 9.69. The number of benzene rings is 1. The molecule has 6 nitrogen and oxygen atoms in total. The zero-order valence-corrected chi connectivity index (χ0v) is 12.9. The highest BCUT2D eigenvalue weighted by atomic mass is 16.5. The molecule has 0 aromatic heterocycles. The van der Waals surface area contributed by atoms with E-state index in [-0.39, 0.29) is 26.4 Å². The first-order valence-electron chi connectivity index (χ1n) is 7.62. The van der Waals surface area contributed by atoms with Gasteiger partial charge in [0.05, 0.1) is 19.8 Å². The highest BCUT2D eigenvalue weighted by molar-refractivity contribution is 5.27. The summed E-state index contributed by atoms with van der Waals surface area (Å²) in [6, 6.07) is 7.76. The van der Waals surface area contributed by atoms with Gasteiger partial charge in [-0.2, -0.15) is 0 Å². The summed E-state index contributed by atoms with van der Waals surface area (Å²) in [5, 5.41) is 27.4. The summed E-state index contributed by atoms with van der Waals surface area (Å²) < 4.78 is 10.5. The van der Waals surface area contributed by atoms with Crippen LogP contribution in [-0.2, 0) is 11.2 Å². The average Bonchev–Trinajstić information content (AvgIpc) is 2.54. The Morgan fingerprint density at radius 3 is 2.27 bits per heavy atom. The quantitative estimate of drug-likeness (QED) is 0.407. The van der Waals surface area contributed by atoms with Gasteiger partial charge in [-0.15, -0.1) is 0 Å². The molecule has 0 aliphatic carbocycles. The third-order valence-electron chi connectivity index (χ3n) is 3.12. The zero-order valence-electron chi connectivity index (χ0n) is 12.9. The van der Waals surface area contributed by atoms with Gasteiger partial charge in [-0.05, 0) is 43.5 Å². The number of rotatable bonds is 12. The van der Waals surface area contributed by atoms with Crippen LogP contribution in [0.4, 0.5) is 0 Å². The van der Waals surface area contributed by atoms with Gasteiger partial charge < -0.3 is 30.5 Å². The van der Waals surface area contributed by atoms with Gasteiger partial charge in [0.2, 0.25) is 0 Å². The van der Waals surface area contributed by atoms with Crippen LogP contribution >= 0.6 is 0 Å². The third-order valence-corrected chi connectivity index (χ3v) is 3.12. The Morgan fingerprint density at radius 2 is 1.64 bits per heavy atom. The van der Waals surface area contributed by atoms with Crippen molar-refractivity contribution in [3.63, 3.8) is 0 Å². The molecule has 0 aliphatic rings. The van der Waals surface area contributed by atoms with Crippen LogP contribution in [0.2, 0.25) is 0 Å². The van der Waals surface area contributed by atoms with E-state index >= 15 is 0 Å². The smallest absolute Gasteiger partial charge is 0.119 e. The van der Waals surface area contributed by atoms with E-state index in [0.717, 1.165) is 25.8 Å². The lowest BCUT2D eigenvalue weighted by Gasteiger charge is -2.14. The second-order valence-electron chi connectivity index (χ2n) is 5.23. The Morgan fingerprint density at radius 1 is 0.955 bits per heavy atom.